The Morgan fingerprint density at radius 1 is 1.28 bits per heavy atom. The third kappa shape index (κ3) is 3.40. The highest BCUT2D eigenvalue weighted by Gasteiger charge is 2.37. The molecule has 1 atom stereocenters. The molecule has 0 bridgehead atoms. The highest BCUT2D eigenvalue weighted by atomic mass is 16.6. The number of nitrogens with zero attached hydrogens (tertiary/aromatic N) is 3. The van der Waals surface area contributed by atoms with Crippen LogP contribution in [-0.2, 0) is 9.53 Å². The number of hydrogen-bond acceptors (Lipinski definition) is 6. The Labute approximate surface area is 144 Å². The number of fused-ring (bicyclic) bond motifs is 1. The van der Waals surface area contributed by atoms with E-state index in [9.17, 15) is 14.9 Å². The average Bonchev–Trinajstić information content (AvgIpc) is 2.61. The average molecular weight is 339 g/mol. The summed E-state index contributed by atoms with van der Waals surface area (Å²) in [5, 5.41) is 12.2. The second-order valence-corrected chi connectivity index (χ2v) is 5.66. The van der Waals surface area contributed by atoms with Crippen LogP contribution < -0.4 is 0 Å². The van der Waals surface area contributed by atoms with Gasteiger partial charge in [-0.05, 0) is 18.6 Å². The van der Waals surface area contributed by atoms with Crippen LogP contribution >= 0.6 is 0 Å². The number of para-hydroxylation sites is 1. The molecule has 0 spiro atoms. The molecule has 1 heterocycles. The number of nitro groups is 1. The van der Waals surface area contributed by atoms with Gasteiger partial charge in [0.2, 0.25) is 0 Å². The molecule has 0 amide bonds. The van der Waals surface area contributed by atoms with E-state index in [0.29, 0.717) is 12.1 Å². The van der Waals surface area contributed by atoms with Crippen molar-refractivity contribution >= 4 is 16.7 Å². The number of unbranched alkanes of at least 4 members (excludes halogenated alkanes) is 1. The normalized spacial score (nSPS) is 17.2. The van der Waals surface area contributed by atoms with Crippen LogP contribution in [-0.4, -0.2) is 27.3 Å². The SMILES string of the molecule is CCCCOC1=C([N+](=O)[O-])C=CC(=O)C1c1ncc2ccccc2n1. The lowest BCUT2D eigenvalue weighted by Gasteiger charge is -2.20. The van der Waals surface area contributed by atoms with Crippen LogP contribution in [0.1, 0.15) is 31.5 Å². The number of rotatable bonds is 6. The molecular weight excluding hydrogens is 322 g/mol. The number of carbonyl (C=O) groups excluding carboxylic acids is 1. The number of allylic oxidation sites excluding steroid dienone is 3. The molecule has 0 saturated heterocycles. The van der Waals surface area contributed by atoms with Crippen molar-refractivity contribution in [2.75, 3.05) is 6.61 Å². The monoisotopic (exact) mass is 339 g/mol. The van der Waals surface area contributed by atoms with Gasteiger partial charge in [0.1, 0.15) is 11.7 Å². The van der Waals surface area contributed by atoms with Crippen LogP contribution in [0.3, 0.4) is 0 Å². The predicted octanol–water partition coefficient (Wildman–Crippen LogP) is 3.16. The van der Waals surface area contributed by atoms with Gasteiger partial charge in [0, 0.05) is 17.7 Å². The van der Waals surface area contributed by atoms with Crippen LogP contribution in [0, 0.1) is 10.1 Å². The molecule has 1 unspecified atom stereocenters. The molecule has 1 aromatic heterocycles. The first kappa shape index (κ1) is 16.8. The minimum Gasteiger partial charge on any atom is -0.490 e. The number of ketones is 1. The van der Waals surface area contributed by atoms with Crippen molar-refractivity contribution in [1.82, 2.24) is 9.97 Å². The summed E-state index contributed by atoms with van der Waals surface area (Å²) >= 11 is 0. The Bertz CT molecular complexity index is 889. The summed E-state index contributed by atoms with van der Waals surface area (Å²) in [6.45, 7) is 2.29. The zero-order valence-corrected chi connectivity index (χ0v) is 13.7. The summed E-state index contributed by atoms with van der Waals surface area (Å²) in [7, 11) is 0. The van der Waals surface area contributed by atoms with Crippen molar-refractivity contribution in [3.05, 3.63) is 70.0 Å². The van der Waals surface area contributed by atoms with Gasteiger partial charge in [0.25, 0.3) is 0 Å². The van der Waals surface area contributed by atoms with Gasteiger partial charge in [0.05, 0.1) is 17.0 Å². The Hall–Kier alpha value is -3.09. The van der Waals surface area contributed by atoms with Crippen LogP contribution in [0.4, 0.5) is 0 Å². The first-order valence-corrected chi connectivity index (χ1v) is 8.06. The van der Waals surface area contributed by atoms with E-state index < -0.39 is 10.8 Å². The summed E-state index contributed by atoms with van der Waals surface area (Å²) in [6, 6.07) is 7.36. The van der Waals surface area contributed by atoms with E-state index in [-0.39, 0.29) is 23.1 Å². The van der Waals surface area contributed by atoms with Crippen LogP contribution in [0.5, 0.6) is 0 Å². The summed E-state index contributed by atoms with van der Waals surface area (Å²) in [4.78, 5) is 31.9. The van der Waals surface area contributed by atoms with Crippen LogP contribution in [0.25, 0.3) is 10.9 Å². The minimum atomic E-state index is -0.994. The fourth-order valence-electron chi connectivity index (χ4n) is 2.62. The van der Waals surface area contributed by atoms with E-state index >= 15 is 0 Å². The maximum Gasteiger partial charge on any atom is 0.308 e. The second-order valence-electron chi connectivity index (χ2n) is 5.66. The van der Waals surface area contributed by atoms with Gasteiger partial charge >= 0.3 is 5.70 Å². The van der Waals surface area contributed by atoms with E-state index in [1.807, 2.05) is 25.1 Å². The summed E-state index contributed by atoms with van der Waals surface area (Å²) in [5.41, 5.74) is 0.447. The number of ether oxygens (including phenoxy) is 1. The van der Waals surface area contributed by atoms with Gasteiger partial charge in [-0.2, -0.15) is 0 Å². The van der Waals surface area contributed by atoms with E-state index in [0.717, 1.165) is 18.2 Å². The van der Waals surface area contributed by atoms with Crippen molar-refractivity contribution in [2.45, 2.75) is 25.7 Å². The van der Waals surface area contributed by atoms with Crippen molar-refractivity contribution in [3.63, 3.8) is 0 Å². The first-order valence-electron chi connectivity index (χ1n) is 8.06. The molecule has 0 fully saturated rings. The molecule has 2 aromatic rings. The molecule has 3 rings (SSSR count). The summed E-state index contributed by atoms with van der Waals surface area (Å²) < 4.78 is 5.63. The molecule has 1 aliphatic rings. The van der Waals surface area contributed by atoms with Crippen molar-refractivity contribution in [2.24, 2.45) is 0 Å². The van der Waals surface area contributed by atoms with Gasteiger partial charge in [-0.15, -0.1) is 0 Å². The van der Waals surface area contributed by atoms with Gasteiger partial charge in [-0.25, -0.2) is 9.97 Å². The lowest BCUT2D eigenvalue weighted by molar-refractivity contribution is -0.422. The molecule has 1 aliphatic carbocycles. The minimum absolute atomic E-state index is 0.0150. The van der Waals surface area contributed by atoms with E-state index in [4.69, 9.17) is 4.74 Å². The Morgan fingerprint density at radius 2 is 2.08 bits per heavy atom. The largest absolute Gasteiger partial charge is 0.490 e. The molecule has 0 N–H and O–H groups in total. The topological polar surface area (TPSA) is 95.2 Å². The van der Waals surface area contributed by atoms with Gasteiger partial charge < -0.3 is 4.74 Å². The van der Waals surface area contributed by atoms with Gasteiger partial charge in [-0.3, -0.25) is 14.9 Å². The van der Waals surface area contributed by atoms with Gasteiger partial charge in [0.15, 0.2) is 11.5 Å². The predicted molar refractivity (Wildman–Crippen MR) is 91.3 cm³/mol. The smallest absolute Gasteiger partial charge is 0.308 e. The standard InChI is InChI=1S/C18H17N3O4/c1-2-3-10-25-17-14(21(23)24)8-9-15(22)16(17)18-19-11-12-6-4-5-7-13(12)20-18/h4-9,11,16H,2-3,10H2,1H3. The van der Waals surface area contributed by atoms with E-state index in [1.165, 1.54) is 12.2 Å². The molecule has 1 aromatic carbocycles. The van der Waals surface area contributed by atoms with E-state index in [2.05, 4.69) is 9.97 Å². The molecule has 7 heteroatoms. The van der Waals surface area contributed by atoms with Crippen LogP contribution in [0.2, 0.25) is 0 Å². The molecule has 0 saturated carbocycles. The van der Waals surface area contributed by atoms with Crippen LogP contribution in [0.15, 0.2) is 54.1 Å². The molecule has 7 nitrogen and oxygen atoms in total. The third-order valence-corrected chi connectivity index (χ3v) is 3.92. The van der Waals surface area contributed by atoms with Crippen molar-refractivity contribution in [1.29, 1.82) is 0 Å². The number of hydrogen-bond donors (Lipinski definition) is 0. The fraction of sp³-hybridized carbons (Fsp3) is 0.278. The highest BCUT2D eigenvalue weighted by molar-refractivity contribution is 5.98. The maximum absolute atomic E-state index is 12.4. The van der Waals surface area contributed by atoms with E-state index in [1.54, 1.807) is 12.3 Å². The quantitative estimate of drug-likeness (QED) is 0.456. The molecular formula is C18H17N3O4. The highest BCUT2D eigenvalue weighted by Crippen LogP contribution is 2.32. The number of carbonyl (C=O) groups is 1. The first-order chi connectivity index (χ1) is 12.1. The zero-order chi connectivity index (χ0) is 17.8. The molecule has 128 valence electrons. The lowest BCUT2D eigenvalue weighted by Crippen LogP contribution is -2.24. The Balaban J connectivity index is 2.06. The summed E-state index contributed by atoms with van der Waals surface area (Å²) in [6.07, 6.45) is 5.59. The Kier molecular flexibility index (Phi) is 4.83. The second kappa shape index (κ2) is 7.21. The Morgan fingerprint density at radius 3 is 2.84 bits per heavy atom. The summed E-state index contributed by atoms with van der Waals surface area (Å²) in [5.74, 6) is -1.10. The lowest BCUT2D eigenvalue weighted by atomic mass is 9.94. The maximum atomic E-state index is 12.4. The number of benzene rings is 1. The molecule has 25 heavy (non-hydrogen) atoms. The zero-order valence-electron chi connectivity index (χ0n) is 13.7. The number of aromatic nitrogens is 2. The van der Waals surface area contributed by atoms with Crippen molar-refractivity contribution in [3.8, 4) is 0 Å². The molecule has 0 aliphatic heterocycles. The van der Waals surface area contributed by atoms with Gasteiger partial charge in [-0.1, -0.05) is 31.5 Å². The van der Waals surface area contributed by atoms with Crippen molar-refractivity contribution < 1.29 is 14.5 Å². The third-order valence-electron chi connectivity index (χ3n) is 3.92. The molecule has 0 radical (unpaired) electrons. The fourth-order valence-corrected chi connectivity index (χ4v) is 2.62.